The number of urea groups is 1. The smallest absolute Gasteiger partial charge is 0.323 e. The molecule has 49 heavy (non-hydrogen) atoms. The molecule has 3 saturated heterocycles. The fourth-order valence-corrected chi connectivity index (χ4v) is 7.85. The minimum atomic E-state index is -0.329. The molecule has 12 heteroatoms. The molecule has 6 rings (SSSR count). The molecule has 11 nitrogen and oxygen atoms in total. The number of nitrogens with one attached hydrogen (secondary N) is 2. The Morgan fingerprint density at radius 3 is 1.98 bits per heavy atom. The van der Waals surface area contributed by atoms with Gasteiger partial charge in [0.1, 0.15) is 0 Å². The predicted molar refractivity (Wildman–Crippen MR) is 200 cm³/mol. The molecule has 0 unspecified atom stereocenters. The summed E-state index contributed by atoms with van der Waals surface area (Å²) in [5, 5.41) is 7.08. The van der Waals surface area contributed by atoms with Gasteiger partial charge in [0.15, 0.2) is 0 Å². The molecule has 0 bridgehead atoms. The number of allylic oxidation sites excluding steroid dienone is 1. The summed E-state index contributed by atoms with van der Waals surface area (Å²) in [7, 11) is 0. The molecule has 3 fully saturated rings. The highest BCUT2D eigenvalue weighted by Gasteiger charge is 2.26. The standard InChI is InChI=1S/C37H52N8O3S/c1-3-14-40-16-5-17-42(21-18-40)34-28-35(43-24-26-48-27-25-43)49-45(29-34)33-12-10-32(11-13-33)39-37(47)38-31-8-6-30(7-9-31)36(46)44-22-19-41(15-4-2)20-23-44/h6-13,28-29H,3-5,14-27H2,1-2H3,(H2,38,39,47). The van der Waals surface area contributed by atoms with E-state index in [1.54, 1.807) is 36.2 Å². The number of piperazine rings is 1. The van der Waals surface area contributed by atoms with Crippen LogP contribution in [0.1, 0.15) is 43.5 Å². The van der Waals surface area contributed by atoms with Gasteiger partial charge in [-0.05, 0) is 93.5 Å². The fourth-order valence-electron chi connectivity index (χ4n) is 6.79. The van der Waals surface area contributed by atoms with Crippen molar-refractivity contribution in [3.8, 4) is 0 Å². The van der Waals surface area contributed by atoms with Crippen molar-refractivity contribution < 1.29 is 14.3 Å². The number of morpholine rings is 1. The lowest BCUT2D eigenvalue weighted by atomic mass is 10.1. The van der Waals surface area contributed by atoms with Gasteiger partial charge in [0, 0.05) is 94.0 Å². The SMILES string of the molecule is CCCN1CCN(C(=O)c2ccc(NC(=O)Nc3ccc(N4C=C(N5CCCN(CCC)CC5)C=C(N5CCOCC5)S4)cc3)cc2)CC1. The van der Waals surface area contributed by atoms with Gasteiger partial charge in [-0.15, -0.1) is 0 Å². The fraction of sp³-hybridized carbons (Fsp3) is 0.514. The topological polar surface area (TPSA) is 86.9 Å². The number of anilines is 3. The van der Waals surface area contributed by atoms with E-state index in [4.69, 9.17) is 4.74 Å². The van der Waals surface area contributed by atoms with Gasteiger partial charge in [0.2, 0.25) is 0 Å². The number of rotatable bonds is 10. The van der Waals surface area contributed by atoms with E-state index in [2.05, 4.69) is 60.7 Å². The highest BCUT2D eigenvalue weighted by atomic mass is 32.2. The van der Waals surface area contributed by atoms with Crippen LogP contribution in [0, 0.1) is 0 Å². The second kappa shape index (κ2) is 17.3. The van der Waals surface area contributed by atoms with Crippen molar-refractivity contribution in [1.82, 2.24) is 24.5 Å². The van der Waals surface area contributed by atoms with Gasteiger partial charge in [-0.1, -0.05) is 13.8 Å². The zero-order valence-electron chi connectivity index (χ0n) is 29.1. The highest BCUT2D eigenvalue weighted by molar-refractivity contribution is 8.04. The summed E-state index contributed by atoms with van der Waals surface area (Å²) >= 11 is 1.73. The predicted octanol–water partition coefficient (Wildman–Crippen LogP) is 5.40. The molecule has 2 N–H and O–H groups in total. The van der Waals surface area contributed by atoms with Crippen LogP contribution in [0.3, 0.4) is 0 Å². The average Bonchev–Trinajstić information content (AvgIpc) is 3.38. The Kier molecular flexibility index (Phi) is 12.4. The monoisotopic (exact) mass is 688 g/mol. The maximum absolute atomic E-state index is 13.0. The Hall–Kier alpha value is -3.71. The molecule has 4 aliphatic heterocycles. The summed E-state index contributed by atoms with van der Waals surface area (Å²) in [5.74, 6) is 0.0404. The number of hydrogen-bond acceptors (Lipinski definition) is 9. The number of carbonyl (C=O) groups excluding carboxylic acids is 2. The summed E-state index contributed by atoms with van der Waals surface area (Å²) in [6.45, 7) is 17.6. The van der Waals surface area contributed by atoms with Crippen LogP contribution in [0.4, 0.5) is 21.9 Å². The van der Waals surface area contributed by atoms with Crippen molar-refractivity contribution in [2.75, 3.05) is 107 Å². The van der Waals surface area contributed by atoms with Crippen molar-refractivity contribution >= 4 is 40.9 Å². The minimum absolute atomic E-state index is 0.0404. The largest absolute Gasteiger partial charge is 0.378 e. The lowest BCUT2D eigenvalue weighted by molar-refractivity contribution is 0.0575. The lowest BCUT2D eigenvalue weighted by Gasteiger charge is -2.37. The van der Waals surface area contributed by atoms with Crippen LogP contribution in [0.25, 0.3) is 0 Å². The van der Waals surface area contributed by atoms with Crippen LogP contribution >= 0.6 is 11.9 Å². The van der Waals surface area contributed by atoms with E-state index in [0.29, 0.717) is 16.9 Å². The maximum atomic E-state index is 13.0. The number of nitrogens with zero attached hydrogens (tertiary/aromatic N) is 6. The highest BCUT2D eigenvalue weighted by Crippen LogP contribution is 2.37. The number of amides is 3. The van der Waals surface area contributed by atoms with Crippen LogP contribution in [-0.2, 0) is 4.74 Å². The van der Waals surface area contributed by atoms with E-state index in [1.165, 1.54) is 17.1 Å². The normalized spacial score (nSPS) is 19.6. The van der Waals surface area contributed by atoms with Crippen molar-refractivity contribution in [1.29, 1.82) is 0 Å². The zero-order chi connectivity index (χ0) is 34.0. The zero-order valence-corrected chi connectivity index (χ0v) is 29.9. The van der Waals surface area contributed by atoms with Crippen LogP contribution in [-0.4, -0.2) is 128 Å². The number of carbonyl (C=O) groups is 2. The molecule has 0 aromatic heterocycles. The summed E-state index contributed by atoms with van der Waals surface area (Å²) in [4.78, 5) is 37.8. The molecule has 2 aromatic rings. The van der Waals surface area contributed by atoms with Gasteiger partial charge in [-0.25, -0.2) is 4.79 Å². The molecule has 0 radical (unpaired) electrons. The van der Waals surface area contributed by atoms with E-state index in [9.17, 15) is 9.59 Å². The third kappa shape index (κ3) is 9.50. The number of benzene rings is 2. The summed E-state index contributed by atoms with van der Waals surface area (Å²) in [6, 6.07) is 14.8. The molecule has 4 heterocycles. The Morgan fingerprint density at radius 1 is 0.714 bits per heavy atom. The molecule has 0 spiro atoms. The Morgan fingerprint density at radius 2 is 1.33 bits per heavy atom. The van der Waals surface area contributed by atoms with Gasteiger partial charge >= 0.3 is 6.03 Å². The van der Waals surface area contributed by atoms with Crippen LogP contribution in [0.2, 0.25) is 0 Å². The molecule has 264 valence electrons. The molecule has 0 saturated carbocycles. The molecule has 4 aliphatic rings. The first-order valence-electron chi connectivity index (χ1n) is 18.0. The summed E-state index contributed by atoms with van der Waals surface area (Å²) in [5.41, 5.74) is 4.26. The van der Waals surface area contributed by atoms with Crippen molar-refractivity contribution in [2.24, 2.45) is 0 Å². The number of ether oxygens (including phenoxy) is 1. The van der Waals surface area contributed by atoms with E-state index < -0.39 is 0 Å². The van der Waals surface area contributed by atoms with E-state index >= 15 is 0 Å². The quantitative estimate of drug-likeness (QED) is 0.319. The molecule has 3 amide bonds. The molecular formula is C37H52N8O3S. The molecule has 0 atom stereocenters. The molecular weight excluding hydrogens is 637 g/mol. The second-order valence-corrected chi connectivity index (χ2v) is 14.1. The Balaban J connectivity index is 1.06. The first kappa shape index (κ1) is 35.1. The van der Waals surface area contributed by atoms with Crippen LogP contribution in [0.15, 0.2) is 71.5 Å². The third-order valence-electron chi connectivity index (χ3n) is 9.50. The first-order chi connectivity index (χ1) is 24.0. The van der Waals surface area contributed by atoms with Crippen molar-refractivity contribution in [2.45, 2.75) is 33.1 Å². The first-order valence-corrected chi connectivity index (χ1v) is 18.8. The minimum Gasteiger partial charge on any atom is -0.378 e. The van der Waals surface area contributed by atoms with Gasteiger partial charge in [0.05, 0.1) is 29.6 Å². The maximum Gasteiger partial charge on any atom is 0.323 e. The van der Waals surface area contributed by atoms with Gasteiger partial charge in [-0.2, -0.15) is 0 Å². The van der Waals surface area contributed by atoms with Crippen LogP contribution < -0.4 is 14.9 Å². The number of hydrogen-bond donors (Lipinski definition) is 2. The summed E-state index contributed by atoms with van der Waals surface area (Å²) in [6.07, 6.45) is 8.07. The van der Waals surface area contributed by atoms with Crippen molar-refractivity contribution in [3.63, 3.8) is 0 Å². The Labute approximate surface area is 296 Å². The molecule has 2 aromatic carbocycles. The van der Waals surface area contributed by atoms with E-state index in [0.717, 1.165) is 110 Å². The molecule has 0 aliphatic carbocycles. The summed E-state index contributed by atoms with van der Waals surface area (Å²) < 4.78 is 7.89. The van der Waals surface area contributed by atoms with Crippen LogP contribution in [0.5, 0.6) is 0 Å². The van der Waals surface area contributed by atoms with Crippen molar-refractivity contribution in [3.05, 3.63) is 77.1 Å². The Bertz CT molecular complexity index is 1450. The second-order valence-electron chi connectivity index (χ2n) is 13.1. The lowest BCUT2D eigenvalue weighted by Crippen LogP contribution is -2.48. The van der Waals surface area contributed by atoms with Gasteiger partial charge < -0.3 is 35.0 Å². The third-order valence-corrected chi connectivity index (χ3v) is 10.6. The van der Waals surface area contributed by atoms with Gasteiger partial charge in [-0.3, -0.25) is 14.0 Å². The van der Waals surface area contributed by atoms with E-state index in [1.807, 2.05) is 29.2 Å². The van der Waals surface area contributed by atoms with E-state index in [-0.39, 0.29) is 11.9 Å². The average molecular weight is 689 g/mol. The van der Waals surface area contributed by atoms with Gasteiger partial charge in [0.25, 0.3) is 5.91 Å².